The van der Waals surface area contributed by atoms with Gasteiger partial charge in [-0.1, -0.05) is 29.4 Å². The van der Waals surface area contributed by atoms with Crippen LogP contribution in [0.2, 0.25) is 5.02 Å². The topological polar surface area (TPSA) is 46.6 Å². The molecular formula is C22H21ClFNO3S. The van der Waals surface area contributed by atoms with Gasteiger partial charge in [0.05, 0.1) is 13.0 Å². The summed E-state index contributed by atoms with van der Waals surface area (Å²) < 4.78 is 17.8. The lowest BCUT2D eigenvalue weighted by molar-refractivity contribution is -0.148. The molecule has 2 aromatic rings. The highest BCUT2D eigenvalue weighted by Gasteiger charge is 2.26. The second-order valence-corrected chi connectivity index (χ2v) is 8.25. The third-order valence-electron chi connectivity index (χ3n) is 4.77. The van der Waals surface area contributed by atoms with Crippen molar-refractivity contribution in [3.63, 3.8) is 0 Å². The molecule has 1 aliphatic heterocycles. The van der Waals surface area contributed by atoms with E-state index < -0.39 is 0 Å². The number of hydrogen-bond acceptors (Lipinski definition) is 4. The minimum absolute atomic E-state index is 0.103. The van der Waals surface area contributed by atoms with Gasteiger partial charge in [0.25, 0.3) is 0 Å². The third kappa shape index (κ3) is 5.84. The summed E-state index contributed by atoms with van der Waals surface area (Å²) in [7, 11) is 1.38. The highest BCUT2D eigenvalue weighted by molar-refractivity contribution is 7.99. The molecule has 1 fully saturated rings. The van der Waals surface area contributed by atoms with Crippen molar-refractivity contribution in [1.29, 1.82) is 0 Å². The van der Waals surface area contributed by atoms with Crippen LogP contribution in [0.25, 0.3) is 6.08 Å². The van der Waals surface area contributed by atoms with Crippen LogP contribution in [0.15, 0.2) is 58.3 Å². The number of nitrogens with zero attached hydrogens (tertiary/aromatic N) is 1. The van der Waals surface area contributed by atoms with Crippen molar-refractivity contribution >= 4 is 41.3 Å². The van der Waals surface area contributed by atoms with Gasteiger partial charge in [-0.15, -0.1) is 0 Å². The zero-order valence-corrected chi connectivity index (χ0v) is 17.5. The summed E-state index contributed by atoms with van der Waals surface area (Å²) in [6, 6.07) is 11.8. The van der Waals surface area contributed by atoms with Crippen LogP contribution in [0.3, 0.4) is 0 Å². The summed E-state index contributed by atoms with van der Waals surface area (Å²) in [6.07, 6.45) is 4.43. The van der Waals surface area contributed by atoms with Gasteiger partial charge in [-0.2, -0.15) is 0 Å². The normalized spacial score (nSPS) is 14.9. The predicted molar refractivity (Wildman–Crippen MR) is 112 cm³/mol. The van der Waals surface area contributed by atoms with Crippen molar-refractivity contribution < 1.29 is 18.7 Å². The minimum Gasteiger partial charge on any atom is -0.469 e. The van der Waals surface area contributed by atoms with E-state index in [0.29, 0.717) is 31.0 Å². The van der Waals surface area contributed by atoms with Gasteiger partial charge in [-0.05, 0) is 60.9 Å². The molecule has 29 heavy (non-hydrogen) atoms. The second-order valence-electron chi connectivity index (χ2n) is 6.70. The van der Waals surface area contributed by atoms with Crippen LogP contribution < -0.4 is 0 Å². The van der Waals surface area contributed by atoms with E-state index in [2.05, 4.69) is 0 Å². The van der Waals surface area contributed by atoms with Crippen molar-refractivity contribution in [3.05, 3.63) is 64.9 Å². The fraction of sp³-hybridized carbons (Fsp3) is 0.273. The summed E-state index contributed by atoms with van der Waals surface area (Å²) in [5, 5.41) is 0.533. The zero-order chi connectivity index (χ0) is 20.8. The number of carbonyl (C=O) groups excluding carboxylic acids is 2. The molecule has 1 amide bonds. The van der Waals surface area contributed by atoms with Crippen LogP contribution in [-0.4, -0.2) is 37.0 Å². The van der Waals surface area contributed by atoms with Gasteiger partial charge in [0, 0.05) is 34.0 Å². The molecule has 0 spiro atoms. The fourth-order valence-corrected chi connectivity index (χ4v) is 4.28. The Bertz CT molecular complexity index is 909. The Morgan fingerprint density at radius 2 is 1.79 bits per heavy atom. The lowest BCUT2D eigenvalue weighted by Crippen LogP contribution is -2.39. The second kappa shape index (κ2) is 9.94. The molecule has 0 radical (unpaired) electrons. The Hall–Kier alpha value is -2.31. The molecule has 0 aliphatic carbocycles. The van der Waals surface area contributed by atoms with Gasteiger partial charge < -0.3 is 9.64 Å². The molecule has 1 aliphatic rings. The molecule has 2 aromatic carbocycles. The number of benzene rings is 2. The van der Waals surface area contributed by atoms with Gasteiger partial charge in [-0.25, -0.2) is 4.39 Å². The minimum atomic E-state index is -0.271. The Balaban J connectivity index is 1.58. The van der Waals surface area contributed by atoms with Crippen molar-refractivity contribution in [2.75, 3.05) is 20.2 Å². The molecule has 0 N–H and O–H groups in total. The Labute approximate surface area is 178 Å². The number of methoxy groups -OCH3 is 1. The number of piperidine rings is 1. The Kier molecular flexibility index (Phi) is 7.34. The zero-order valence-electron chi connectivity index (χ0n) is 15.9. The van der Waals surface area contributed by atoms with Gasteiger partial charge in [-0.3, -0.25) is 9.59 Å². The van der Waals surface area contributed by atoms with E-state index >= 15 is 0 Å². The summed E-state index contributed by atoms with van der Waals surface area (Å²) in [5.74, 6) is -0.715. The largest absolute Gasteiger partial charge is 0.469 e. The maximum Gasteiger partial charge on any atom is 0.308 e. The molecule has 0 saturated carbocycles. The molecule has 0 unspecified atom stereocenters. The van der Waals surface area contributed by atoms with E-state index in [9.17, 15) is 14.0 Å². The van der Waals surface area contributed by atoms with E-state index in [1.807, 2.05) is 18.2 Å². The SMILES string of the molecule is COC(=O)C1CCN(C(=O)/C=C/c2ccc(Sc3ccc(F)cc3)cc2Cl)CC1. The lowest BCUT2D eigenvalue weighted by Gasteiger charge is -2.29. The number of rotatable bonds is 5. The number of hydrogen-bond donors (Lipinski definition) is 0. The standard InChI is InChI=1S/C22H21ClFNO3S/c1-28-22(27)16-10-12-25(13-11-16)21(26)9-3-15-2-6-19(14-20(15)23)29-18-7-4-17(24)5-8-18/h2-9,14,16H,10-13H2,1H3/b9-3+. The van der Waals surface area contributed by atoms with E-state index in [1.54, 1.807) is 23.1 Å². The smallest absolute Gasteiger partial charge is 0.308 e. The van der Waals surface area contributed by atoms with Crippen LogP contribution in [0, 0.1) is 11.7 Å². The monoisotopic (exact) mass is 433 g/mol. The van der Waals surface area contributed by atoms with Crippen LogP contribution in [0.4, 0.5) is 4.39 Å². The number of amides is 1. The van der Waals surface area contributed by atoms with Crippen LogP contribution >= 0.6 is 23.4 Å². The molecule has 1 saturated heterocycles. The number of halogens is 2. The summed E-state index contributed by atoms with van der Waals surface area (Å²) in [6.45, 7) is 1.06. The van der Waals surface area contributed by atoms with Crippen molar-refractivity contribution in [1.82, 2.24) is 4.90 Å². The molecular weight excluding hydrogens is 413 g/mol. The molecule has 3 rings (SSSR count). The first-order chi connectivity index (χ1) is 14.0. The summed E-state index contributed by atoms with van der Waals surface area (Å²) in [5.41, 5.74) is 0.743. The maximum atomic E-state index is 13.0. The molecule has 4 nitrogen and oxygen atoms in total. The van der Waals surface area contributed by atoms with E-state index in [-0.39, 0.29) is 23.6 Å². The van der Waals surface area contributed by atoms with E-state index in [0.717, 1.165) is 15.4 Å². The van der Waals surface area contributed by atoms with Gasteiger partial charge in [0.2, 0.25) is 5.91 Å². The molecule has 7 heteroatoms. The quantitative estimate of drug-likeness (QED) is 0.488. The van der Waals surface area contributed by atoms with Crippen molar-refractivity contribution in [2.24, 2.45) is 5.92 Å². The van der Waals surface area contributed by atoms with Gasteiger partial charge in [0.1, 0.15) is 5.82 Å². The first kappa shape index (κ1) is 21.4. The average Bonchev–Trinajstić information content (AvgIpc) is 2.74. The van der Waals surface area contributed by atoms with Crippen LogP contribution in [0.1, 0.15) is 18.4 Å². The van der Waals surface area contributed by atoms with Gasteiger partial charge in [0.15, 0.2) is 0 Å². The van der Waals surface area contributed by atoms with Crippen LogP contribution in [0.5, 0.6) is 0 Å². The lowest BCUT2D eigenvalue weighted by atomic mass is 9.97. The van der Waals surface area contributed by atoms with Crippen molar-refractivity contribution in [2.45, 2.75) is 22.6 Å². The predicted octanol–water partition coefficient (Wildman–Crippen LogP) is 5.06. The Morgan fingerprint density at radius 1 is 1.14 bits per heavy atom. The van der Waals surface area contributed by atoms with E-state index in [4.69, 9.17) is 16.3 Å². The van der Waals surface area contributed by atoms with Crippen molar-refractivity contribution in [3.8, 4) is 0 Å². The van der Waals surface area contributed by atoms with E-state index in [1.165, 1.54) is 37.1 Å². The third-order valence-corrected chi connectivity index (χ3v) is 6.09. The number of esters is 1. The average molecular weight is 434 g/mol. The number of ether oxygens (including phenoxy) is 1. The molecule has 0 bridgehead atoms. The Morgan fingerprint density at radius 3 is 2.41 bits per heavy atom. The molecule has 1 heterocycles. The highest BCUT2D eigenvalue weighted by Crippen LogP contribution is 2.31. The first-order valence-corrected chi connectivity index (χ1v) is 10.4. The van der Waals surface area contributed by atoms with Gasteiger partial charge >= 0.3 is 5.97 Å². The number of likely N-dealkylation sites (tertiary alicyclic amines) is 1. The molecule has 0 atom stereocenters. The fourth-order valence-electron chi connectivity index (χ4n) is 3.11. The molecule has 0 aromatic heterocycles. The first-order valence-electron chi connectivity index (χ1n) is 9.24. The maximum absolute atomic E-state index is 13.0. The number of carbonyl (C=O) groups is 2. The summed E-state index contributed by atoms with van der Waals surface area (Å²) in [4.78, 5) is 27.6. The van der Waals surface area contributed by atoms with Crippen LogP contribution in [-0.2, 0) is 14.3 Å². The summed E-state index contributed by atoms with van der Waals surface area (Å²) >= 11 is 7.84. The molecule has 152 valence electrons. The highest BCUT2D eigenvalue weighted by atomic mass is 35.5.